The molecule has 304 valence electrons. The van der Waals surface area contributed by atoms with E-state index in [9.17, 15) is 65.9 Å². The molecule has 0 aliphatic heterocycles. The molecule has 1 aromatic heterocycles. The number of unbranched alkanes of at least 4 members (excludes halogenated alkanes) is 6. The Morgan fingerprint density at radius 1 is 0.585 bits per heavy atom. The Hall–Kier alpha value is -3.27. The van der Waals surface area contributed by atoms with E-state index >= 15 is 0 Å². The zero-order chi connectivity index (χ0) is 40.4. The molecule has 0 N–H and O–H groups in total. The average molecular weight is 801 g/mol. The fraction of sp³-hybridized carbons (Fsp3) is 0.677. The van der Waals surface area contributed by atoms with E-state index in [0.29, 0.717) is 23.7 Å². The largest absolute Gasteiger partial charge is 0.493 e. The number of hydrogen-bond acceptors (Lipinski definition) is 7. The molecule has 2 rings (SSSR count). The molecule has 0 aliphatic rings. The number of halogens is 15. The topological polar surface area (TPSA) is 71.9 Å². The highest BCUT2D eigenvalue weighted by molar-refractivity contribution is 5.56. The maximum atomic E-state index is 13.8. The molecule has 0 saturated heterocycles. The summed E-state index contributed by atoms with van der Waals surface area (Å²) in [6.07, 6.45) is -24.1. The number of alkyl halides is 15. The molecule has 0 saturated carbocycles. The lowest BCUT2D eigenvalue weighted by molar-refractivity contribution is -0.543. The summed E-state index contributed by atoms with van der Waals surface area (Å²) < 4.78 is 216. The number of rotatable bonds is 24. The van der Waals surface area contributed by atoms with Crippen molar-refractivity contribution in [2.45, 2.75) is 101 Å². The van der Waals surface area contributed by atoms with E-state index in [1.165, 1.54) is 57.1 Å². The average Bonchev–Trinajstić information content (AvgIpc) is 3.03. The third-order valence-electron chi connectivity index (χ3n) is 6.95. The Labute approximate surface area is 293 Å². The van der Waals surface area contributed by atoms with Crippen molar-refractivity contribution in [1.82, 2.24) is 9.97 Å². The van der Waals surface area contributed by atoms with Gasteiger partial charge in [-0.25, -0.2) is 19.4 Å². The third kappa shape index (κ3) is 12.9. The first-order chi connectivity index (χ1) is 24.3. The van der Waals surface area contributed by atoms with Gasteiger partial charge in [-0.2, -0.15) is 65.9 Å². The van der Waals surface area contributed by atoms with Gasteiger partial charge in [-0.15, -0.1) is 0 Å². The van der Waals surface area contributed by atoms with Gasteiger partial charge >= 0.3 is 42.5 Å². The Kier molecular flexibility index (Phi) is 15.9. The van der Waals surface area contributed by atoms with Crippen LogP contribution in [0.2, 0.25) is 0 Å². The van der Waals surface area contributed by atoms with Gasteiger partial charge in [0.1, 0.15) is 12.4 Å². The number of ether oxygens (including phenoxy) is 5. The van der Waals surface area contributed by atoms with Crippen molar-refractivity contribution in [2.75, 3.05) is 26.4 Å². The normalized spacial score (nSPS) is 14.4. The van der Waals surface area contributed by atoms with Gasteiger partial charge in [-0.3, -0.25) is 0 Å². The van der Waals surface area contributed by atoms with Crippen LogP contribution in [0.3, 0.4) is 0 Å². The molecule has 0 aliphatic carbocycles. The first kappa shape index (κ1) is 45.9. The highest BCUT2D eigenvalue weighted by Crippen LogP contribution is 2.56. The second-order valence-electron chi connectivity index (χ2n) is 11.7. The molecule has 0 bridgehead atoms. The SMILES string of the molecule is CCCCCCCCCOc1cnc(-c2ccc(OCC(C)COCC(F)(F)OC(F)(F)C(F)(F)OC(F)(F)C(F)(F)C(F)(F)C(F)(F)F)cc2)nc1. The van der Waals surface area contributed by atoms with Crippen molar-refractivity contribution in [2.24, 2.45) is 5.92 Å². The van der Waals surface area contributed by atoms with Crippen LogP contribution in [0.1, 0.15) is 58.8 Å². The van der Waals surface area contributed by atoms with Gasteiger partial charge in [0.05, 0.1) is 32.2 Å². The van der Waals surface area contributed by atoms with Gasteiger partial charge in [0, 0.05) is 11.5 Å². The van der Waals surface area contributed by atoms with E-state index in [0.717, 1.165) is 19.3 Å². The Morgan fingerprint density at radius 3 is 1.66 bits per heavy atom. The fourth-order valence-electron chi connectivity index (χ4n) is 4.08. The van der Waals surface area contributed by atoms with Gasteiger partial charge in [0.25, 0.3) is 0 Å². The summed E-state index contributed by atoms with van der Waals surface area (Å²) in [5, 5.41) is 0. The van der Waals surface area contributed by atoms with Gasteiger partial charge in [0.15, 0.2) is 11.6 Å². The number of nitrogens with zero attached hydrogens (tertiary/aromatic N) is 2. The van der Waals surface area contributed by atoms with E-state index in [1.807, 2.05) is 0 Å². The van der Waals surface area contributed by atoms with Crippen LogP contribution in [0.4, 0.5) is 65.9 Å². The van der Waals surface area contributed by atoms with Crippen molar-refractivity contribution >= 4 is 0 Å². The number of benzene rings is 1. The van der Waals surface area contributed by atoms with Crippen molar-refractivity contribution in [3.63, 3.8) is 0 Å². The minimum atomic E-state index is -7.92. The first-order valence-corrected chi connectivity index (χ1v) is 15.8. The second kappa shape index (κ2) is 18.4. The highest BCUT2D eigenvalue weighted by Gasteiger charge is 2.85. The summed E-state index contributed by atoms with van der Waals surface area (Å²) in [6.45, 7) is 0.690. The summed E-state index contributed by atoms with van der Waals surface area (Å²) in [6, 6.07) is 6.16. The Balaban J connectivity index is 1.82. The first-order valence-electron chi connectivity index (χ1n) is 15.8. The van der Waals surface area contributed by atoms with E-state index in [-0.39, 0.29) is 12.4 Å². The molecule has 0 spiro atoms. The molecule has 1 atom stereocenters. The van der Waals surface area contributed by atoms with Crippen molar-refractivity contribution in [3.05, 3.63) is 36.7 Å². The summed E-state index contributed by atoms with van der Waals surface area (Å²) in [5.41, 5.74) is 0.582. The molecule has 0 fully saturated rings. The zero-order valence-corrected chi connectivity index (χ0v) is 27.9. The van der Waals surface area contributed by atoms with Gasteiger partial charge < -0.3 is 14.2 Å². The Bertz CT molecular complexity index is 1380. The van der Waals surface area contributed by atoms with Crippen LogP contribution in [0.15, 0.2) is 36.7 Å². The fourth-order valence-corrected chi connectivity index (χ4v) is 4.08. The molecule has 0 amide bonds. The summed E-state index contributed by atoms with van der Waals surface area (Å²) in [4.78, 5) is 8.49. The van der Waals surface area contributed by atoms with E-state index in [4.69, 9.17) is 9.47 Å². The molecule has 22 heteroatoms. The molecule has 1 aromatic carbocycles. The monoisotopic (exact) mass is 800 g/mol. The van der Waals surface area contributed by atoms with Crippen molar-refractivity contribution in [1.29, 1.82) is 0 Å². The van der Waals surface area contributed by atoms with Gasteiger partial charge in [-0.1, -0.05) is 52.4 Å². The molecule has 1 heterocycles. The number of aromatic nitrogens is 2. The number of hydrogen-bond donors (Lipinski definition) is 0. The van der Waals surface area contributed by atoms with E-state index in [2.05, 4.69) is 26.4 Å². The second-order valence-corrected chi connectivity index (χ2v) is 11.7. The standard InChI is InChI=1S/C31H35F15N2O5/c1-3-4-5-6-7-8-9-14-50-23-15-47-24(48-16-23)21-10-12-22(13-11-21)51-18-20(2)17-49-19-25(32,33)52-30(43,44)31(45,46)53-29(41,42)27(36,37)26(34,35)28(38,39)40/h10-13,15-16,20H,3-9,14,17-19H2,1-2H3. The molecule has 0 radical (unpaired) electrons. The summed E-state index contributed by atoms with van der Waals surface area (Å²) in [5.74, 6) is -15.4. The molecule has 53 heavy (non-hydrogen) atoms. The summed E-state index contributed by atoms with van der Waals surface area (Å²) >= 11 is 0. The molecule has 2 aromatic rings. The quantitative estimate of drug-likeness (QED) is 0.0773. The van der Waals surface area contributed by atoms with Crippen LogP contribution < -0.4 is 9.47 Å². The minimum absolute atomic E-state index is 0.251. The lowest BCUT2D eigenvalue weighted by Crippen LogP contribution is -2.64. The third-order valence-corrected chi connectivity index (χ3v) is 6.95. The van der Waals surface area contributed by atoms with Crippen LogP contribution in [0.5, 0.6) is 11.5 Å². The van der Waals surface area contributed by atoms with Crippen LogP contribution >= 0.6 is 0 Å². The van der Waals surface area contributed by atoms with Gasteiger partial charge in [-0.05, 0) is 30.7 Å². The molecule has 1 unspecified atom stereocenters. The van der Waals surface area contributed by atoms with E-state index in [1.54, 1.807) is 16.9 Å². The zero-order valence-electron chi connectivity index (χ0n) is 27.9. The molecule has 7 nitrogen and oxygen atoms in total. The van der Waals surface area contributed by atoms with Gasteiger partial charge in [0.2, 0.25) is 0 Å². The van der Waals surface area contributed by atoms with Crippen LogP contribution in [0, 0.1) is 5.92 Å². The van der Waals surface area contributed by atoms with Crippen LogP contribution in [-0.2, 0) is 14.2 Å². The predicted octanol–water partition coefficient (Wildman–Crippen LogP) is 10.5. The molecular formula is C31H35F15N2O5. The Morgan fingerprint density at radius 2 is 1.11 bits per heavy atom. The van der Waals surface area contributed by atoms with Crippen LogP contribution in [0.25, 0.3) is 11.4 Å². The maximum absolute atomic E-state index is 13.8. The lowest BCUT2D eigenvalue weighted by Gasteiger charge is -2.36. The van der Waals surface area contributed by atoms with E-state index < -0.39 is 61.6 Å². The van der Waals surface area contributed by atoms with Crippen molar-refractivity contribution in [3.8, 4) is 22.9 Å². The maximum Gasteiger partial charge on any atom is 0.460 e. The highest BCUT2D eigenvalue weighted by atomic mass is 19.4. The summed E-state index contributed by atoms with van der Waals surface area (Å²) in [7, 11) is 0. The minimum Gasteiger partial charge on any atom is -0.493 e. The molecular weight excluding hydrogens is 765 g/mol. The van der Waals surface area contributed by atoms with Crippen LogP contribution in [-0.4, -0.2) is 78.9 Å². The van der Waals surface area contributed by atoms with Crippen molar-refractivity contribution < 1.29 is 89.5 Å². The smallest absolute Gasteiger partial charge is 0.460 e. The lowest BCUT2D eigenvalue weighted by atomic mass is 10.1. The predicted molar refractivity (Wildman–Crippen MR) is 154 cm³/mol.